The molecule has 2 heterocycles. The quantitative estimate of drug-likeness (QED) is 0.162. The van der Waals surface area contributed by atoms with Crippen LogP contribution in [-0.2, 0) is 0 Å². The van der Waals surface area contributed by atoms with E-state index in [0.717, 1.165) is 33.4 Å². The van der Waals surface area contributed by atoms with Crippen LogP contribution in [-0.4, -0.2) is 15.0 Å². The molecule has 0 amide bonds. The largest absolute Gasteiger partial charge is 0.208 e. The third-order valence-electron chi connectivity index (χ3n) is 13.4. The van der Waals surface area contributed by atoms with Gasteiger partial charge in [-0.2, -0.15) is 0 Å². The molecule has 0 saturated heterocycles. The Morgan fingerprint density at radius 2 is 0.754 bits per heavy atom. The van der Waals surface area contributed by atoms with Crippen LogP contribution in [0.15, 0.2) is 212 Å². The summed E-state index contributed by atoms with van der Waals surface area (Å²) in [4.78, 5) is 15.5. The molecule has 0 fully saturated rings. The van der Waals surface area contributed by atoms with Crippen LogP contribution in [0.25, 0.3) is 141 Å². The van der Waals surface area contributed by atoms with Gasteiger partial charge in [-0.05, 0) is 111 Å². The van der Waals surface area contributed by atoms with Crippen LogP contribution in [0.1, 0.15) is 0 Å². The molecule has 0 aliphatic heterocycles. The first-order valence-corrected chi connectivity index (χ1v) is 22.9. The zero-order valence-electron chi connectivity index (χ0n) is 35.0. The Balaban J connectivity index is 0.925. The topological polar surface area (TPSA) is 38.7 Å². The van der Waals surface area contributed by atoms with E-state index in [1.807, 2.05) is 18.2 Å². The Hall–Kier alpha value is -8.31. The molecule has 14 aromatic rings. The number of hydrogen-bond acceptors (Lipinski definition) is 4. The fourth-order valence-corrected chi connectivity index (χ4v) is 11.6. The molecule has 0 unspecified atom stereocenters. The van der Waals surface area contributed by atoms with Crippen LogP contribution in [0.5, 0.6) is 0 Å². The molecule has 0 spiro atoms. The van der Waals surface area contributed by atoms with Crippen molar-refractivity contribution in [1.82, 2.24) is 15.0 Å². The Morgan fingerprint density at radius 3 is 1.46 bits per heavy atom. The fraction of sp³-hybridized carbons (Fsp3) is 0. The van der Waals surface area contributed by atoms with Crippen molar-refractivity contribution in [2.45, 2.75) is 0 Å². The molecule has 0 aliphatic carbocycles. The summed E-state index contributed by atoms with van der Waals surface area (Å²) in [5.41, 5.74) is 7.38. The predicted molar refractivity (Wildman–Crippen MR) is 276 cm³/mol. The van der Waals surface area contributed by atoms with Gasteiger partial charge < -0.3 is 0 Å². The number of rotatable bonds is 5. The summed E-state index contributed by atoms with van der Waals surface area (Å²) < 4.78 is 2.49. The Labute approximate surface area is 377 Å². The third-order valence-corrected chi connectivity index (χ3v) is 14.6. The lowest BCUT2D eigenvalue weighted by Gasteiger charge is -2.17. The van der Waals surface area contributed by atoms with Crippen LogP contribution in [0.2, 0.25) is 0 Å². The van der Waals surface area contributed by atoms with Gasteiger partial charge in [0.1, 0.15) is 0 Å². The van der Waals surface area contributed by atoms with E-state index in [1.54, 1.807) is 11.3 Å². The van der Waals surface area contributed by atoms with Gasteiger partial charge >= 0.3 is 0 Å². The van der Waals surface area contributed by atoms with Gasteiger partial charge in [0.05, 0.1) is 0 Å². The number of fused-ring (bicyclic) bond motifs is 5. The predicted octanol–water partition coefficient (Wildman–Crippen LogP) is 16.9. The van der Waals surface area contributed by atoms with Gasteiger partial charge in [0.15, 0.2) is 17.5 Å². The van der Waals surface area contributed by atoms with E-state index in [-0.39, 0.29) is 0 Å². The van der Waals surface area contributed by atoms with Crippen molar-refractivity contribution in [1.29, 1.82) is 0 Å². The molecule has 0 aliphatic rings. The number of aromatic nitrogens is 3. The smallest absolute Gasteiger partial charge is 0.164 e. The maximum Gasteiger partial charge on any atom is 0.164 e. The summed E-state index contributed by atoms with van der Waals surface area (Å²) in [5.74, 6) is 1.94. The fourth-order valence-electron chi connectivity index (χ4n) is 10.4. The molecule has 0 N–H and O–H groups in total. The van der Waals surface area contributed by atoms with Gasteiger partial charge in [0, 0.05) is 36.9 Å². The second kappa shape index (κ2) is 14.1. The van der Waals surface area contributed by atoms with Crippen molar-refractivity contribution in [3.05, 3.63) is 212 Å². The highest BCUT2D eigenvalue weighted by Gasteiger charge is 2.19. The molecule has 0 radical (unpaired) electrons. The number of benzene rings is 11. The van der Waals surface area contributed by atoms with E-state index in [2.05, 4.69) is 194 Å². The average molecular weight is 842 g/mol. The highest BCUT2D eigenvalue weighted by atomic mass is 32.1. The zero-order chi connectivity index (χ0) is 42.6. The third kappa shape index (κ3) is 5.64. The van der Waals surface area contributed by atoms with Gasteiger partial charge in [-0.25, -0.2) is 15.0 Å². The Bertz CT molecular complexity index is 4220. The first kappa shape index (κ1) is 36.2. The molecule has 65 heavy (non-hydrogen) atoms. The van der Waals surface area contributed by atoms with Gasteiger partial charge in [-0.1, -0.05) is 188 Å². The second-order valence-corrected chi connectivity index (χ2v) is 18.2. The van der Waals surface area contributed by atoms with Crippen molar-refractivity contribution in [3.8, 4) is 56.4 Å². The summed E-state index contributed by atoms with van der Waals surface area (Å²) in [7, 11) is 0. The molecule has 12 aromatic carbocycles. The monoisotopic (exact) mass is 841 g/mol. The summed E-state index contributed by atoms with van der Waals surface area (Å²) in [6.45, 7) is 0. The summed E-state index contributed by atoms with van der Waals surface area (Å²) in [6.07, 6.45) is 0. The SMILES string of the molecule is c1ccc(-c2nc(-c3ccc4c(c3)sc3ccccc34)nc(-c3ccccc3-c3ccc(-c4cc5ccc6cccc7c8cccc9ccc%10cccc(c(c4)c5c67)c%10c98)cc3)n2)cc1. The average Bonchev–Trinajstić information content (AvgIpc) is 3.75. The van der Waals surface area contributed by atoms with Crippen LogP contribution in [0.4, 0.5) is 0 Å². The summed E-state index contributed by atoms with van der Waals surface area (Å²) in [6, 6.07) is 77.2. The van der Waals surface area contributed by atoms with Gasteiger partial charge in [0.2, 0.25) is 0 Å². The lowest BCUT2D eigenvalue weighted by molar-refractivity contribution is 1.07. The maximum atomic E-state index is 5.23. The highest BCUT2D eigenvalue weighted by Crippen LogP contribution is 2.45. The first-order chi connectivity index (χ1) is 32.2. The summed E-state index contributed by atoms with van der Waals surface area (Å²) in [5, 5.41) is 17.9. The van der Waals surface area contributed by atoms with E-state index >= 15 is 0 Å². The lowest BCUT2D eigenvalue weighted by Crippen LogP contribution is -2.01. The van der Waals surface area contributed by atoms with Crippen molar-refractivity contribution in [3.63, 3.8) is 0 Å². The van der Waals surface area contributed by atoms with Gasteiger partial charge in [0.25, 0.3) is 0 Å². The highest BCUT2D eigenvalue weighted by molar-refractivity contribution is 7.25. The Morgan fingerprint density at radius 1 is 0.246 bits per heavy atom. The van der Waals surface area contributed by atoms with Gasteiger partial charge in [-0.15, -0.1) is 11.3 Å². The van der Waals surface area contributed by atoms with E-state index in [9.17, 15) is 0 Å². The van der Waals surface area contributed by atoms with Crippen LogP contribution in [0, 0.1) is 0 Å². The second-order valence-electron chi connectivity index (χ2n) is 17.1. The van der Waals surface area contributed by atoms with Crippen molar-refractivity contribution in [2.75, 3.05) is 0 Å². The molecular formula is C61H35N3S. The van der Waals surface area contributed by atoms with Crippen LogP contribution >= 0.6 is 11.3 Å². The van der Waals surface area contributed by atoms with E-state index in [1.165, 1.54) is 90.4 Å². The molecular weight excluding hydrogens is 807 g/mol. The molecule has 14 rings (SSSR count). The minimum atomic E-state index is 0.642. The minimum absolute atomic E-state index is 0.642. The lowest BCUT2D eigenvalue weighted by atomic mass is 9.86. The Kier molecular flexibility index (Phi) is 7.85. The molecule has 0 atom stereocenters. The van der Waals surface area contributed by atoms with E-state index in [4.69, 9.17) is 15.0 Å². The van der Waals surface area contributed by atoms with Crippen LogP contribution in [0.3, 0.4) is 0 Å². The van der Waals surface area contributed by atoms with E-state index < -0.39 is 0 Å². The summed E-state index contributed by atoms with van der Waals surface area (Å²) >= 11 is 1.80. The minimum Gasteiger partial charge on any atom is -0.208 e. The number of thiophene rings is 1. The molecule has 2 aromatic heterocycles. The zero-order valence-corrected chi connectivity index (χ0v) is 35.8. The molecule has 0 bridgehead atoms. The van der Waals surface area contributed by atoms with Crippen molar-refractivity contribution >= 4 is 96.1 Å². The van der Waals surface area contributed by atoms with Crippen molar-refractivity contribution < 1.29 is 0 Å². The van der Waals surface area contributed by atoms with Gasteiger partial charge in [-0.3, -0.25) is 0 Å². The molecule has 0 saturated carbocycles. The van der Waals surface area contributed by atoms with E-state index in [0.29, 0.717) is 17.5 Å². The number of nitrogens with zero attached hydrogens (tertiary/aromatic N) is 3. The van der Waals surface area contributed by atoms with Crippen LogP contribution < -0.4 is 0 Å². The number of hydrogen-bond donors (Lipinski definition) is 0. The molecule has 300 valence electrons. The first-order valence-electron chi connectivity index (χ1n) is 22.1. The normalized spacial score (nSPS) is 12.0. The maximum absolute atomic E-state index is 5.23. The molecule has 3 nitrogen and oxygen atoms in total. The van der Waals surface area contributed by atoms with Crippen molar-refractivity contribution in [2.24, 2.45) is 0 Å². The molecule has 4 heteroatoms. The standard InChI is InChI=1S/C61H35N3S/c1-2-11-41(12-3-1)59-62-60(43-31-32-47-46-17-6-7-22-53(46)65-54(47)35-43)64-61(63-59)51-18-5-4-16-45(51)37-25-23-36(24-26-37)44-33-42-30-29-40-14-9-20-49-48-19-8-13-38-27-28-39-15-10-21-50(57(39)55(38)48)52(34-44)58(42)56(40)49/h1-35H.